The fraction of sp³-hybridized carbons (Fsp3) is 0.243. The molecule has 0 spiro atoms. The Morgan fingerprint density at radius 3 is 1.23 bits per heavy atom. The van der Waals surface area contributed by atoms with Crippen molar-refractivity contribution in [2.45, 2.75) is 39.0 Å². The second-order valence-corrected chi connectivity index (χ2v) is 18.5. The third kappa shape index (κ3) is 6.96. The lowest BCUT2D eigenvalue weighted by atomic mass is 10.1. The van der Waals surface area contributed by atoms with Crippen LogP contribution in [0.3, 0.4) is 0 Å². The summed E-state index contributed by atoms with van der Waals surface area (Å²) in [4.78, 5) is 16.1. The van der Waals surface area contributed by atoms with E-state index in [4.69, 9.17) is 17.2 Å². The van der Waals surface area contributed by atoms with Gasteiger partial charge >= 0.3 is 0 Å². The smallest absolute Gasteiger partial charge is 0.0482 e. The molecule has 0 atom stereocenters. The number of thiophene rings is 7. The Balaban J connectivity index is 1.18. The van der Waals surface area contributed by atoms with Crippen molar-refractivity contribution in [1.82, 2.24) is 0 Å². The van der Waals surface area contributed by atoms with Crippen molar-refractivity contribution in [2.24, 2.45) is 17.2 Å². The molecule has 7 aromatic heterocycles. The SMILES string of the molecule is CCCc1ccsc1-c1ccc(-c2sc(-c3ccc(-c4cc(CCN)c(-c5ccc(-c6sccc6CCN)s5)s4)s3)cc2CCN)s1. The van der Waals surface area contributed by atoms with E-state index in [1.54, 1.807) is 0 Å². The Labute approximate surface area is 305 Å². The van der Waals surface area contributed by atoms with Gasteiger partial charge in [0.15, 0.2) is 0 Å². The summed E-state index contributed by atoms with van der Waals surface area (Å²) in [6.07, 6.45) is 4.97. The van der Waals surface area contributed by atoms with Crippen LogP contribution in [0.5, 0.6) is 0 Å². The normalized spacial score (nSPS) is 11.7. The first kappa shape index (κ1) is 33.3. The molecule has 0 fully saturated rings. The number of rotatable bonds is 14. The Morgan fingerprint density at radius 2 is 0.787 bits per heavy atom. The van der Waals surface area contributed by atoms with Gasteiger partial charge in [-0.1, -0.05) is 13.3 Å². The van der Waals surface area contributed by atoms with Gasteiger partial charge in [0.25, 0.3) is 0 Å². The predicted molar refractivity (Wildman–Crippen MR) is 216 cm³/mol. The second kappa shape index (κ2) is 15.1. The van der Waals surface area contributed by atoms with Crippen LogP contribution in [0.25, 0.3) is 58.5 Å². The molecule has 3 nitrogen and oxygen atoms in total. The van der Waals surface area contributed by atoms with Gasteiger partial charge in [-0.05, 0) is 139 Å². The van der Waals surface area contributed by atoms with Gasteiger partial charge in [0.2, 0.25) is 0 Å². The van der Waals surface area contributed by atoms with Crippen LogP contribution in [0.2, 0.25) is 0 Å². The minimum Gasteiger partial charge on any atom is -0.330 e. The summed E-state index contributed by atoms with van der Waals surface area (Å²) in [5.41, 5.74) is 23.6. The first-order valence-corrected chi connectivity index (χ1v) is 21.7. The summed E-state index contributed by atoms with van der Waals surface area (Å²) < 4.78 is 0. The largest absolute Gasteiger partial charge is 0.330 e. The summed E-state index contributed by atoms with van der Waals surface area (Å²) in [6, 6.07) is 23.0. The van der Waals surface area contributed by atoms with E-state index >= 15 is 0 Å². The standard InChI is InChI=1S/C37H37N3S7/c1-2-3-22-13-18-41-34(22)28-6-8-30(44-28)36-24(11-16-39)20-32(46-36)26-4-5-27(43-26)33-21-25(12-17-40)37(47-33)31-9-7-29(45-31)35-23(10-15-38)14-19-42-35/h4-9,13-14,18-21H,2-3,10-12,15-17,38-40H2,1H3. The molecule has 0 bridgehead atoms. The molecule has 0 aromatic carbocycles. The maximum absolute atomic E-state index is 6.11. The predicted octanol–water partition coefficient (Wildman–Crippen LogP) is 11.6. The third-order valence-corrected chi connectivity index (χ3v) is 16.7. The van der Waals surface area contributed by atoms with E-state index in [2.05, 4.69) is 78.3 Å². The van der Waals surface area contributed by atoms with Gasteiger partial charge < -0.3 is 17.2 Å². The highest BCUT2D eigenvalue weighted by Gasteiger charge is 2.20. The van der Waals surface area contributed by atoms with Crippen LogP contribution in [-0.2, 0) is 25.7 Å². The van der Waals surface area contributed by atoms with Gasteiger partial charge in [-0.2, -0.15) is 0 Å². The zero-order chi connectivity index (χ0) is 32.3. The van der Waals surface area contributed by atoms with E-state index in [0.29, 0.717) is 19.6 Å². The van der Waals surface area contributed by atoms with Crippen molar-refractivity contribution < 1.29 is 0 Å². The summed E-state index contributed by atoms with van der Waals surface area (Å²) >= 11 is 13.2. The molecule has 47 heavy (non-hydrogen) atoms. The van der Waals surface area contributed by atoms with Crippen LogP contribution >= 0.6 is 79.4 Å². The summed E-state index contributed by atoms with van der Waals surface area (Å²) in [5, 5.41) is 4.41. The summed E-state index contributed by atoms with van der Waals surface area (Å²) in [5.74, 6) is 0. The molecular weight excluding hydrogens is 711 g/mol. The lowest BCUT2D eigenvalue weighted by Gasteiger charge is -2.00. The molecule has 7 heterocycles. The molecule has 0 unspecified atom stereocenters. The summed E-state index contributed by atoms with van der Waals surface area (Å²) in [6.45, 7) is 4.22. The molecule has 242 valence electrons. The second-order valence-electron chi connectivity index (χ2n) is 11.3. The maximum atomic E-state index is 6.11. The van der Waals surface area contributed by atoms with Gasteiger partial charge in [0.1, 0.15) is 0 Å². The molecule has 0 aliphatic carbocycles. The first-order chi connectivity index (χ1) is 23.1. The average Bonchev–Trinajstić information content (AvgIpc) is 3.90. The minimum absolute atomic E-state index is 0.640. The van der Waals surface area contributed by atoms with Crippen LogP contribution < -0.4 is 17.2 Å². The number of nitrogens with two attached hydrogens (primary N) is 3. The average molecular weight is 748 g/mol. The fourth-order valence-electron chi connectivity index (χ4n) is 5.89. The topological polar surface area (TPSA) is 78.1 Å². The van der Waals surface area contributed by atoms with Crippen LogP contribution in [0.1, 0.15) is 35.6 Å². The van der Waals surface area contributed by atoms with Crippen molar-refractivity contribution in [3.8, 4) is 58.5 Å². The maximum Gasteiger partial charge on any atom is 0.0482 e. The van der Waals surface area contributed by atoms with Gasteiger partial charge in [0.05, 0.1) is 0 Å². The van der Waals surface area contributed by atoms with Crippen LogP contribution in [0.15, 0.2) is 71.4 Å². The Bertz CT molecular complexity index is 1930. The number of hydrogen-bond acceptors (Lipinski definition) is 10. The highest BCUT2D eigenvalue weighted by molar-refractivity contribution is 7.31. The molecular formula is C37H37N3S7. The first-order valence-electron chi connectivity index (χ1n) is 15.9. The fourth-order valence-corrected chi connectivity index (χ4v) is 14.0. The molecule has 10 heteroatoms. The lowest BCUT2D eigenvalue weighted by molar-refractivity contribution is 0.928. The molecule has 0 aliphatic rings. The Hall–Kier alpha value is -2.22. The number of aryl methyl sites for hydroxylation is 1. The van der Waals surface area contributed by atoms with E-state index in [9.17, 15) is 0 Å². The van der Waals surface area contributed by atoms with Gasteiger partial charge in [-0.25, -0.2) is 0 Å². The molecule has 0 saturated carbocycles. The molecule has 0 radical (unpaired) electrons. The minimum atomic E-state index is 0.640. The van der Waals surface area contributed by atoms with Gasteiger partial charge in [0, 0.05) is 58.5 Å². The molecule has 0 aliphatic heterocycles. The lowest BCUT2D eigenvalue weighted by Crippen LogP contribution is -2.02. The van der Waals surface area contributed by atoms with Crippen molar-refractivity contribution >= 4 is 79.4 Å². The zero-order valence-electron chi connectivity index (χ0n) is 26.2. The van der Waals surface area contributed by atoms with E-state index in [0.717, 1.165) is 25.7 Å². The van der Waals surface area contributed by atoms with Gasteiger partial charge in [-0.15, -0.1) is 79.4 Å². The summed E-state index contributed by atoms with van der Waals surface area (Å²) in [7, 11) is 0. The highest BCUT2D eigenvalue weighted by atomic mass is 32.1. The van der Waals surface area contributed by atoms with Crippen molar-refractivity contribution in [1.29, 1.82) is 0 Å². The van der Waals surface area contributed by atoms with Gasteiger partial charge in [-0.3, -0.25) is 0 Å². The van der Waals surface area contributed by atoms with Crippen molar-refractivity contribution in [3.05, 3.63) is 93.7 Å². The van der Waals surface area contributed by atoms with Crippen LogP contribution in [-0.4, -0.2) is 19.6 Å². The van der Waals surface area contributed by atoms with E-state index in [-0.39, 0.29) is 0 Å². The Morgan fingerprint density at radius 1 is 0.404 bits per heavy atom. The zero-order valence-corrected chi connectivity index (χ0v) is 31.9. The Kier molecular flexibility index (Phi) is 10.7. The van der Waals surface area contributed by atoms with E-state index in [1.807, 2.05) is 79.4 Å². The molecule has 7 aromatic rings. The van der Waals surface area contributed by atoms with Crippen LogP contribution in [0, 0.1) is 0 Å². The monoisotopic (exact) mass is 747 g/mol. The van der Waals surface area contributed by atoms with Crippen molar-refractivity contribution in [2.75, 3.05) is 19.6 Å². The number of hydrogen-bond donors (Lipinski definition) is 3. The highest BCUT2D eigenvalue weighted by Crippen LogP contribution is 2.49. The molecule has 0 amide bonds. The molecule has 0 saturated heterocycles. The molecule has 7 rings (SSSR count). The van der Waals surface area contributed by atoms with E-state index in [1.165, 1.54) is 87.2 Å². The quantitative estimate of drug-likeness (QED) is 0.104. The van der Waals surface area contributed by atoms with Crippen molar-refractivity contribution in [3.63, 3.8) is 0 Å². The van der Waals surface area contributed by atoms with E-state index < -0.39 is 0 Å². The third-order valence-electron chi connectivity index (χ3n) is 8.07. The van der Waals surface area contributed by atoms with Crippen LogP contribution in [0.4, 0.5) is 0 Å². The molecule has 6 N–H and O–H groups in total.